The fourth-order valence-electron chi connectivity index (χ4n) is 3.08. The van der Waals surface area contributed by atoms with Crippen LogP contribution in [0.25, 0.3) is 0 Å². The van der Waals surface area contributed by atoms with E-state index in [1.54, 1.807) is 12.2 Å². The van der Waals surface area contributed by atoms with Gasteiger partial charge in [0, 0.05) is 6.54 Å². The van der Waals surface area contributed by atoms with E-state index in [0.717, 1.165) is 0 Å². The zero-order valence-corrected chi connectivity index (χ0v) is 18.4. The van der Waals surface area contributed by atoms with E-state index in [1.165, 1.54) is 16.7 Å². The molecule has 5 atom stereocenters. The molecule has 1 N–H and O–H groups in total. The number of aliphatic hydroxyl groups is 1. The number of carbonyl (C=O) groups excluding carboxylic acids is 1. The van der Waals surface area contributed by atoms with Gasteiger partial charge in [-0.3, -0.25) is 9.89 Å². The van der Waals surface area contributed by atoms with Crippen LogP contribution in [0.1, 0.15) is 27.7 Å². The monoisotopic (exact) mass is 428 g/mol. The first-order valence-electron chi connectivity index (χ1n) is 9.72. The third-order valence-corrected chi connectivity index (χ3v) is 5.41. The zero-order chi connectivity index (χ0) is 21.6. The summed E-state index contributed by atoms with van der Waals surface area (Å²) in [5, 5.41) is 10.3. The van der Waals surface area contributed by atoms with Gasteiger partial charge in [0.2, 0.25) is 0 Å². The van der Waals surface area contributed by atoms with Crippen LogP contribution >= 0.6 is 11.8 Å². The molecule has 2 aliphatic rings. The average Bonchev–Trinajstić information content (AvgIpc) is 3.06. The van der Waals surface area contributed by atoms with Crippen LogP contribution in [-0.2, 0) is 18.9 Å². The van der Waals surface area contributed by atoms with Crippen molar-refractivity contribution in [3.05, 3.63) is 25.3 Å². The summed E-state index contributed by atoms with van der Waals surface area (Å²) >= 11 is 1.32. The Morgan fingerprint density at radius 3 is 2.41 bits per heavy atom. The lowest BCUT2D eigenvalue weighted by Gasteiger charge is -2.41. The normalized spacial score (nSPS) is 29.0. The summed E-state index contributed by atoms with van der Waals surface area (Å²) in [4.78, 5) is 18.8. The molecule has 0 aromatic heterocycles. The van der Waals surface area contributed by atoms with E-state index < -0.39 is 41.5 Å². The number of carbonyl (C=O) groups is 1. The maximum atomic E-state index is 12.6. The number of ether oxygens (including phenoxy) is 4. The predicted octanol–water partition coefficient (Wildman–Crippen LogP) is 2.57. The van der Waals surface area contributed by atoms with Gasteiger partial charge < -0.3 is 24.1 Å². The second-order valence-corrected chi connectivity index (χ2v) is 8.71. The molecule has 164 valence electrons. The standard InChI is InChI=1S/C20H32N2O6S/c1-7-10-25-15-13(12-23)27-17-14(16(15)26-11-8-2)21-18(29-17)22(9-3)19(24)28-20(4,5)6/h7-8,13-17,23H,1-2,9-12H2,3-6H3/t13-,14-,15-,16-,17-/m1/s1. The first kappa shape index (κ1) is 23.9. The van der Waals surface area contributed by atoms with Crippen molar-refractivity contribution in [3.63, 3.8) is 0 Å². The van der Waals surface area contributed by atoms with Crippen LogP contribution in [0.4, 0.5) is 4.79 Å². The van der Waals surface area contributed by atoms with Gasteiger partial charge >= 0.3 is 6.09 Å². The lowest BCUT2D eigenvalue weighted by molar-refractivity contribution is -0.192. The minimum absolute atomic E-state index is 0.224. The Labute approximate surface area is 176 Å². The number of aliphatic hydroxyl groups excluding tert-OH is 1. The van der Waals surface area contributed by atoms with Crippen molar-refractivity contribution in [1.82, 2.24) is 4.90 Å². The maximum absolute atomic E-state index is 12.6. The van der Waals surface area contributed by atoms with Gasteiger partial charge in [0.05, 0.1) is 19.8 Å². The molecule has 1 fully saturated rings. The number of amides is 1. The van der Waals surface area contributed by atoms with Gasteiger partial charge in [-0.2, -0.15) is 0 Å². The highest BCUT2D eigenvalue weighted by atomic mass is 32.2. The summed E-state index contributed by atoms with van der Waals surface area (Å²) in [7, 11) is 0. The van der Waals surface area contributed by atoms with Crippen LogP contribution in [0.3, 0.4) is 0 Å². The molecule has 2 rings (SSSR count). The van der Waals surface area contributed by atoms with Gasteiger partial charge in [-0.15, -0.1) is 13.2 Å². The molecular weight excluding hydrogens is 396 g/mol. The third-order valence-electron chi connectivity index (χ3n) is 4.25. The zero-order valence-electron chi connectivity index (χ0n) is 17.6. The Morgan fingerprint density at radius 2 is 1.90 bits per heavy atom. The number of nitrogens with zero attached hydrogens (tertiary/aromatic N) is 2. The summed E-state index contributed by atoms with van der Waals surface area (Å²) in [6, 6.07) is -0.399. The third kappa shape index (κ3) is 6.05. The lowest BCUT2D eigenvalue weighted by atomic mass is 9.98. The number of rotatable bonds is 8. The number of aliphatic imine (C=N–C) groups is 1. The molecular formula is C20H32N2O6S. The minimum atomic E-state index is -0.612. The first-order chi connectivity index (χ1) is 13.8. The van der Waals surface area contributed by atoms with Gasteiger partial charge in [0.15, 0.2) is 5.17 Å². The molecule has 8 nitrogen and oxygen atoms in total. The molecule has 2 heterocycles. The van der Waals surface area contributed by atoms with Gasteiger partial charge in [-0.25, -0.2) is 4.79 Å². The number of hydrogen-bond acceptors (Lipinski definition) is 8. The summed E-state index contributed by atoms with van der Waals surface area (Å²) in [6.07, 6.45) is 1.24. The van der Waals surface area contributed by atoms with E-state index in [0.29, 0.717) is 24.9 Å². The average molecular weight is 429 g/mol. The maximum Gasteiger partial charge on any atom is 0.416 e. The van der Waals surface area contributed by atoms with Crippen molar-refractivity contribution < 1.29 is 28.8 Å². The predicted molar refractivity (Wildman–Crippen MR) is 113 cm³/mol. The molecule has 0 aliphatic carbocycles. The van der Waals surface area contributed by atoms with Crippen LogP contribution in [-0.4, -0.2) is 83.0 Å². The molecule has 0 saturated carbocycles. The second kappa shape index (κ2) is 10.6. The van der Waals surface area contributed by atoms with Crippen molar-refractivity contribution in [3.8, 4) is 0 Å². The summed E-state index contributed by atoms with van der Waals surface area (Å²) in [6.45, 7) is 15.4. The molecule has 0 bridgehead atoms. The van der Waals surface area contributed by atoms with Crippen LogP contribution in [0.15, 0.2) is 30.3 Å². The van der Waals surface area contributed by atoms with E-state index in [4.69, 9.17) is 23.9 Å². The van der Waals surface area contributed by atoms with Crippen molar-refractivity contribution >= 4 is 23.0 Å². The SMILES string of the molecule is C=CCO[C@@H]1[C@H]2N=C(N(CC)C(=O)OC(C)(C)C)S[C@H]2O[C@H](CO)[C@H]1OCC=C. The van der Waals surface area contributed by atoms with Crippen LogP contribution in [0.5, 0.6) is 0 Å². The fourth-order valence-corrected chi connectivity index (χ4v) is 4.35. The molecule has 0 unspecified atom stereocenters. The van der Waals surface area contributed by atoms with Crippen molar-refractivity contribution in [1.29, 1.82) is 0 Å². The molecule has 0 aromatic carbocycles. The van der Waals surface area contributed by atoms with Gasteiger partial charge in [-0.1, -0.05) is 23.9 Å². The van der Waals surface area contributed by atoms with Gasteiger partial charge in [0.25, 0.3) is 0 Å². The highest BCUT2D eigenvalue weighted by Gasteiger charge is 2.51. The lowest BCUT2D eigenvalue weighted by Crippen LogP contribution is -2.58. The molecule has 1 amide bonds. The molecule has 9 heteroatoms. The molecule has 0 radical (unpaired) electrons. The Kier molecular flexibility index (Phi) is 8.72. The van der Waals surface area contributed by atoms with Gasteiger partial charge in [-0.05, 0) is 27.7 Å². The Bertz CT molecular complexity index is 621. The van der Waals surface area contributed by atoms with Gasteiger partial charge in [0.1, 0.15) is 35.4 Å². The first-order valence-corrected chi connectivity index (χ1v) is 10.6. The Morgan fingerprint density at radius 1 is 1.28 bits per heavy atom. The highest BCUT2D eigenvalue weighted by Crippen LogP contribution is 2.39. The second-order valence-electron chi connectivity index (χ2n) is 7.64. The topological polar surface area (TPSA) is 89.8 Å². The number of thioether (sulfide) groups is 1. The number of fused-ring (bicyclic) bond motifs is 1. The van der Waals surface area contributed by atoms with E-state index in [9.17, 15) is 9.90 Å². The van der Waals surface area contributed by atoms with Crippen LogP contribution in [0, 0.1) is 0 Å². The molecule has 29 heavy (non-hydrogen) atoms. The molecule has 2 aliphatic heterocycles. The Hall–Kier alpha value is -1.39. The molecule has 0 spiro atoms. The summed E-state index contributed by atoms with van der Waals surface area (Å²) < 4.78 is 23.3. The van der Waals surface area contributed by atoms with Crippen molar-refractivity contribution in [2.24, 2.45) is 4.99 Å². The summed E-state index contributed by atoms with van der Waals surface area (Å²) in [5.41, 5.74) is -1.02. The highest BCUT2D eigenvalue weighted by molar-refractivity contribution is 8.14. The number of amidine groups is 1. The van der Waals surface area contributed by atoms with Crippen molar-refractivity contribution in [2.75, 3.05) is 26.4 Å². The quantitative estimate of drug-likeness (QED) is 0.594. The van der Waals surface area contributed by atoms with Crippen LogP contribution < -0.4 is 0 Å². The van der Waals surface area contributed by atoms with E-state index >= 15 is 0 Å². The van der Waals surface area contributed by atoms with E-state index in [-0.39, 0.29) is 6.61 Å². The molecule has 1 saturated heterocycles. The van der Waals surface area contributed by atoms with E-state index in [2.05, 4.69) is 13.2 Å². The fraction of sp³-hybridized carbons (Fsp3) is 0.700. The largest absolute Gasteiger partial charge is 0.443 e. The van der Waals surface area contributed by atoms with Crippen LogP contribution in [0.2, 0.25) is 0 Å². The number of hydrogen-bond donors (Lipinski definition) is 1. The van der Waals surface area contributed by atoms with E-state index in [1.807, 2.05) is 27.7 Å². The Balaban J connectivity index is 2.27. The minimum Gasteiger partial charge on any atom is -0.443 e. The summed E-state index contributed by atoms with van der Waals surface area (Å²) in [5.74, 6) is 0. The smallest absolute Gasteiger partial charge is 0.416 e. The molecule has 0 aromatic rings. The van der Waals surface area contributed by atoms with Crippen molar-refractivity contribution in [2.45, 2.75) is 63.1 Å².